The summed E-state index contributed by atoms with van der Waals surface area (Å²) in [5, 5.41) is 0. The van der Waals surface area contributed by atoms with Crippen molar-refractivity contribution in [3.05, 3.63) is 35.9 Å². The van der Waals surface area contributed by atoms with Gasteiger partial charge in [-0.1, -0.05) is 30.3 Å². The van der Waals surface area contributed by atoms with Gasteiger partial charge in [0.1, 0.15) is 0 Å². The van der Waals surface area contributed by atoms with Crippen molar-refractivity contribution < 1.29 is 4.79 Å². The molecular formula is C22H30N2O. The van der Waals surface area contributed by atoms with E-state index in [-0.39, 0.29) is 0 Å². The first-order chi connectivity index (χ1) is 12.2. The monoisotopic (exact) mass is 338 g/mol. The third-order valence-corrected chi connectivity index (χ3v) is 7.06. The molecule has 0 spiro atoms. The number of hydrogen-bond acceptors (Lipinski definition) is 2. The molecule has 1 amide bonds. The van der Waals surface area contributed by atoms with Crippen molar-refractivity contribution in [2.75, 3.05) is 13.1 Å². The molecule has 3 saturated carbocycles. The maximum atomic E-state index is 13.2. The number of fused-ring (bicyclic) bond motifs is 1. The Morgan fingerprint density at radius 2 is 1.64 bits per heavy atom. The van der Waals surface area contributed by atoms with E-state index in [2.05, 4.69) is 40.1 Å². The smallest absolute Gasteiger partial charge is 0.237 e. The van der Waals surface area contributed by atoms with Gasteiger partial charge in [-0.05, 0) is 68.3 Å². The molecule has 2 atom stereocenters. The van der Waals surface area contributed by atoms with Crippen molar-refractivity contribution >= 4 is 5.91 Å². The van der Waals surface area contributed by atoms with Crippen LogP contribution in [0.15, 0.2) is 30.3 Å². The van der Waals surface area contributed by atoms with Crippen molar-refractivity contribution in [1.82, 2.24) is 9.80 Å². The number of carbonyl (C=O) groups excluding carboxylic acids is 1. The molecule has 134 valence electrons. The molecule has 6 rings (SSSR count). The SMILES string of the molecule is O=C(CN1CC2CC3CC(C2)CC1C3)N(Cc1ccccc1)C1CC1. The van der Waals surface area contributed by atoms with E-state index < -0.39 is 0 Å². The molecule has 2 saturated heterocycles. The Hall–Kier alpha value is -1.35. The Morgan fingerprint density at radius 3 is 2.32 bits per heavy atom. The number of amides is 1. The minimum atomic E-state index is 0.368. The van der Waals surface area contributed by atoms with Gasteiger partial charge in [0.05, 0.1) is 6.54 Å². The minimum absolute atomic E-state index is 0.368. The second kappa shape index (κ2) is 6.42. The van der Waals surface area contributed by atoms with Gasteiger partial charge in [0.2, 0.25) is 5.91 Å². The molecule has 5 fully saturated rings. The average molecular weight is 338 g/mol. The third kappa shape index (κ3) is 3.36. The van der Waals surface area contributed by atoms with Gasteiger partial charge in [-0.15, -0.1) is 0 Å². The van der Waals surface area contributed by atoms with Crippen LogP contribution in [0.1, 0.15) is 50.5 Å². The molecule has 25 heavy (non-hydrogen) atoms. The molecule has 1 aromatic rings. The summed E-state index contributed by atoms with van der Waals surface area (Å²) in [5.74, 6) is 3.12. The topological polar surface area (TPSA) is 23.6 Å². The molecule has 3 aliphatic carbocycles. The first-order valence-corrected chi connectivity index (χ1v) is 10.3. The number of carbonyl (C=O) groups is 1. The summed E-state index contributed by atoms with van der Waals surface area (Å²) in [6.07, 6.45) is 9.40. The highest BCUT2D eigenvalue weighted by molar-refractivity contribution is 5.79. The summed E-state index contributed by atoms with van der Waals surface area (Å²) in [6, 6.07) is 11.7. The Morgan fingerprint density at radius 1 is 0.960 bits per heavy atom. The molecule has 2 unspecified atom stereocenters. The molecule has 5 aliphatic rings. The molecule has 0 N–H and O–H groups in total. The quantitative estimate of drug-likeness (QED) is 0.817. The molecular weight excluding hydrogens is 308 g/mol. The van der Waals surface area contributed by atoms with Crippen LogP contribution in [0.3, 0.4) is 0 Å². The highest BCUT2D eigenvalue weighted by atomic mass is 16.2. The van der Waals surface area contributed by atoms with E-state index in [1.165, 1.54) is 57.1 Å². The van der Waals surface area contributed by atoms with Crippen molar-refractivity contribution in [2.45, 2.75) is 63.6 Å². The van der Waals surface area contributed by atoms with Crippen LogP contribution in [-0.4, -0.2) is 40.9 Å². The average Bonchev–Trinajstić information content (AvgIpc) is 3.44. The standard InChI is InChI=1S/C22H30N2O/c25-22(24(20-6-7-20)14-16-4-2-1-3-5-16)15-23-13-19-9-17-8-18(10-19)12-21(23)11-17/h1-5,17-21H,6-15H2. The predicted molar refractivity (Wildman–Crippen MR) is 98.9 cm³/mol. The predicted octanol–water partition coefficient (Wildman–Crippen LogP) is 3.69. The summed E-state index contributed by atoms with van der Waals surface area (Å²) < 4.78 is 0. The Kier molecular flexibility index (Phi) is 4.08. The van der Waals surface area contributed by atoms with Gasteiger partial charge in [0, 0.05) is 25.2 Å². The van der Waals surface area contributed by atoms with Crippen molar-refractivity contribution in [3.63, 3.8) is 0 Å². The number of hydrogen-bond donors (Lipinski definition) is 0. The highest BCUT2D eigenvalue weighted by Gasteiger charge is 2.43. The van der Waals surface area contributed by atoms with E-state index in [4.69, 9.17) is 0 Å². The number of rotatable bonds is 5. The minimum Gasteiger partial charge on any atom is -0.334 e. The fourth-order valence-corrected chi connectivity index (χ4v) is 5.93. The maximum Gasteiger partial charge on any atom is 0.237 e. The first kappa shape index (κ1) is 15.9. The maximum absolute atomic E-state index is 13.2. The van der Waals surface area contributed by atoms with Gasteiger partial charge in [0.25, 0.3) is 0 Å². The second-order valence-corrected chi connectivity index (χ2v) is 9.10. The summed E-state index contributed by atoms with van der Waals surface area (Å²) >= 11 is 0. The first-order valence-electron chi connectivity index (χ1n) is 10.3. The van der Waals surface area contributed by atoms with Crippen LogP contribution in [-0.2, 0) is 11.3 Å². The number of nitrogens with zero attached hydrogens (tertiary/aromatic N) is 2. The van der Waals surface area contributed by atoms with Crippen LogP contribution in [0.5, 0.6) is 0 Å². The molecule has 3 nitrogen and oxygen atoms in total. The Bertz CT molecular complexity index is 612. The lowest BCUT2D eigenvalue weighted by Gasteiger charge is -2.39. The normalized spacial score (nSPS) is 34.1. The summed E-state index contributed by atoms with van der Waals surface area (Å²) in [5.41, 5.74) is 1.26. The van der Waals surface area contributed by atoms with Gasteiger partial charge < -0.3 is 4.90 Å². The fourth-order valence-electron chi connectivity index (χ4n) is 5.93. The van der Waals surface area contributed by atoms with E-state index in [1.54, 1.807) is 0 Å². The lowest BCUT2D eigenvalue weighted by atomic mass is 9.68. The van der Waals surface area contributed by atoms with Crippen LogP contribution in [0, 0.1) is 17.8 Å². The van der Waals surface area contributed by atoms with Crippen LogP contribution in [0.25, 0.3) is 0 Å². The van der Waals surface area contributed by atoms with E-state index >= 15 is 0 Å². The zero-order chi connectivity index (χ0) is 16.8. The summed E-state index contributed by atoms with van der Waals surface area (Å²) in [4.78, 5) is 17.9. The summed E-state index contributed by atoms with van der Waals surface area (Å²) in [7, 11) is 0. The lowest BCUT2D eigenvalue weighted by molar-refractivity contribution is -0.134. The van der Waals surface area contributed by atoms with Gasteiger partial charge in [0.15, 0.2) is 0 Å². The lowest BCUT2D eigenvalue weighted by Crippen LogP contribution is -2.46. The highest BCUT2D eigenvalue weighted by Crippen LogP contribution is 2.47. The van der Waals surface area contributed by atoms with Crippen LogP contribution in [0.4, 0.5) is 0 Å². The third-order valence-electron chi connectivity index (χ3n) is 7.06. The zero-order valence-electron chi connectivity index (χ0n) is 15.1. The molecule has 2 aliphatic heterocycles. The molecule has 4 bridgehead atoms. The van der Waals surface area contributed by atoms with Crippen molar-refractivity contribution in [1.29, 1.82) is 0 Å². The van der Waals surface area contributed by atoms with Gasteiger partial charge >= 0.3 is 0 Å². The van der Waals surface area contributed by atoms with E-state index in [0.717, 1.165) is 24.3 Å². The largest absolute Gasteiger partial charge is 0.334 e. The number of benzene rings is 1. The molecule has 0 aromatic heterocycles. The van der Waals surface area contributed by atoms with E-state index in [0.29, 0.717) is 24.5 Å². The van der Waals surface area contributed by atoms with Crippen molar-refractivity contribution in [2.24, 2.45) is 17.8 Å². The van der Waals surface area contributed by atoms with Crippen molar-refractivity contribution in [3.8, 4) is 0 Å². The van der Waals surface area contributed by atoms with Gasteiger partial charge in [-0.2, -0.15) is 0 Å². The van der Waals surface area contributed by atoms with Crippen LogP contribution in [0.2, 0.25) is 0 Å². The fraction of sp³-hybridized carbons (Fsp3) is 0.682. The molecule has 2 heterocycles. The van der Waals surface area contributed by atoms with Crippen LogP contribution >= 0.6 is 0 Å². The Labute approximate surface area is 151 Å². The molecule has 3 heteroatoms. The Balaban J connectivity index is 1.28. The van der Waals surface area contributed by atoms with E-state index in [9.17, 15) is 4.79 Å². The van der Waals surface area contributed by atoms with Gasteiger partial charge in [-0.3, -0.25) is 9.69 Å². The molecule has 1 aromatic carbocycles. The van der Waals surface area contributed by atoms with E-state index in [1.807, 2.05) is 0 Å². The van der Waals surface area contributed by atoms with Gasteiger partial charge in [-0.25, -0.2) is 0 Å². The second-order valence-electron chi connectivity index (χ2n) is 9.10. The zero-order valence-corrected chi connectivity index (χ0v) is 15.1. The molecule has 0 radical (unpaired) electrons. The van der Waals surface area contributed by atoms with Crippen LogP contribution < -0.4 is 0 Å². The summed E-state index contributed by atoms with van der Waals surface area (Å²) in [6.45, 7) is 2.62.